The molecule has 21 heavy (non-hydrogen) atoms. The Morgan fingerprint density at radius 2 is 1.95 bits per heavy atom. The molecule has 3 aliphatic carbocycles. The van der Waals surface area contributed by atoms with Crippen molar-refractivity contribution in [1.29, 1.82) is 0 Å². The van der Waals surface area contributed by atoms with Crippen LogP contribution in [-0.2, 0) is 6.42 Å². The first-order valence-electron chi connectivity index (χ1n) is 8.09. The number of aliphatic hydroxyl groups excluding tert-OH is 1. The van der Waals surface area contributed by atoms with Gasteiger partial charge in [0, 0.05) is 49.4 Å². The first-order chi connectivity index (χ1) is 9.59. The molecule has 2 fully saturated rings. The van der Waals surface area contributed by atoms with Crippen molar-refractivity contribution < 1.29 is 59.6 Å². The van der Waals surface area contributed by atoms with Crippen LogP contribution in [0.3, 0.4) is 0 Å². The molecule has 115 valence electrons. The van der Waals surface area contributed by atoms with Crippen LogP contribution in [0.25, 0.3) is 0 Å². The van der Waals surface area contributed by atoms with Crippen molar-refractivity contribution in [2.45, 2.75) is 57.5 Å². The Hall–Kier alpha value is 0.564. The summed E-state index contributed by atoms with van der Waals surface area (Å²) in [5.41, 5.74) is 2.99. The maximum atomic E-state index is 10.4. The van der Waals surface area contributed by atoms with E-state index in [-0.39, 0.29) is 60.9 Å². The van der Waals surface area contributed by atoms with E-state index in [4.69, 9.17) is 0 Å². The van der Waals surface area contributed by atoms with Crippen molar-refractivity contribution in [2.75, 3.05) is 0 Å². The second kappa shape index (κ2) is 5.89. The summed E-state index contributed by atoms with van der Waals surface area (Å²) in [6, 6.07) is 5.96. The number of benzene rings is 1. The van der Waals surface area contributed by atoms with E-state index < -0.39 is 0 Å². The van der Waals surface area contributed by atoms with Crippen LogP contribution in [0, 0.1) is 66.6 Å². The molecule has 4 rings (SSSR count). The standard InChI is InChI=1S/C18H24O2.Eu/c1-18-9-8-14-13-5-3-12(19)10-11(13)2-4-15(14)16(18)6-7-17(18)20;/h3,5,10,14-17,19-20H,2,4,6-9H2,1H3;/t14-,15-,16+,17?,18+;/m1./s1. The van der Waals surface area contributed by atoms with E-state index in [1.54, 1.807) is 0 Å². The third kappa shape index (κ3) is 2.47. The number of hydrogen-bond donors (Lipinski definition) is 2. The van der Waals surface area contributed by atoms with E-state index in [0.29, 0.717) is 17.6 Å². The van der Waals surface area contributed by atoms with E-state index in [9.17, 15) is 10.2 Å². The molecule has 1 aromatic rings. The van der Waals surface area contributed by atoms with E-state index >= 15 is 0 Å². The van der Waals surface area contributed by atoms with E-state index in [1.165, 1.54) is 30.4 Å². The van der Waals surface area contributed by atoms with E-state index in [1.807, 2.05) is 12.1 Å². The Labute approximate surface area is 167 Å². The zero-order chi connectivity index (χ0) is 13.9. The molecule has 0 bridgehead atoms. The molecule has 3 heteroatoms. The number of fused-ring (bicyclic) bond motifs is 5. The van der Waals surface area contributed by atoms with Crippen molar-refractivity contribution in [1.82, 2.24) is 0 Å². The van der Waals surface area contributed by atoms with Gasteiger partial charge in [-0.05, 0) is 85.0 Å². The third-order valence-electron chi connectivity index (χ3n) is 6.66. The van der Waals surface area contributed by atoms with Crippen molar-refractivity contribution >= 4 is 0 Å². The molecule has 1 radical (unpaired) electrons. The average Bonchev–Trinajstić information content (AvgIpc) is 2.74. The van der Waals surface area contributed by atoms with Crippen molar-refractivity contribution in [3.63, 3.8) is 0 Å². The number of phenols is 1. The van der Waals surface area contributed by atoms with Crippen molar-refractivity contribution in [2.24, 2.45) is 17.3 Å². The fourth-order valence-electron chi connectivity index (χ4n) is 5.54. The molecular weight excluding hydrogens is 400 g/mol. The van der Waals surface area contributed by atoms with Crippen LogP contribution >= 0.6 is 0 Å². The minimum absolute atomic E-state index is 0. The van der Waals surface area contributed by atoms with Gasteiger partial charge in [-0.1, -0.05) is 13.0 Å². The Kier molecular flexibility index (Phi) is 4.60. The number of phenolic OH excluding ortho intramolecular Hbond substituents is 1. The zero-order valence-electron chi connectivity index (χ0n) is 12.6. The molecule has 0 aliphatic heterocycles. The van der Waals surface area contributed by atoms with Crippen molar-refractivity contribution in [3.8, 4) is 5.75 Å². The molecular formula is C18H24EuO2. The van der Waals surface area contributed by atoms with Crippen LogP contribution in [0.4, 0.5) is 0 Å². The first kappa shape index (κ1) is 16.4. The van der Waals surface area contributed by atoms with E-state index in [0.717, 1.165) is 25.2 Å². The molecule has 2 N–H and O–H groups in total. The van der Waals surface area contributed by atoms with Gasteiger partial charge in [0.1, 0.15) is 5.75 Å². The van der Waals surface area contributed by atoms with Gasteiger partial charge >= 0.3 is 0 Å². The Balaban J connectivity index is 0.00000132. The van der Waals surface area contributed by atoms with Gasteiger partial charge in [0.05, 0.1) is 6.10 Å². The molecule has 1 aromatic carbocycles. The first-order valence-corrected chi connectivity index (χ1v) is 8.09. The number of rotatable bonds is 0. The Morgan fingerprint density at radius 3 is 2.76 bits per heavy atom. The van der Waals surface area contributed by atoms with Crippen LogP contribution in [-0.4, -0.2) is 16.3 Å². The van der Waals surface area contributed by atoms with Gasteiger partial charge in [-0.2, -0.15) is 0 Å². The summed E-state index contributed by atoms with van der Waals surface area (Å²) in [7, 11) is 0. The molecule has 0 saturated heterocycles. The van der Waals surface area contributed by atoms with Crippen LogP contribution < -0.4 is 0 Å². The summed E-state index contributed by atoms with van der Waals surface area (Å²) in [6.45, 7) is 2.32. The minimum atomic E-state index is -0.0883. The predicted molar refractivity (Wildman–Crippen MR) is 78.7 cm³/mol. The quantitative estimate of drug-likeness (QED) is 0.668. The molecule has 5 atom stereocenters. The second-order valence-electron chi connectivity index (χ2n) is 7.44. The molecule has 0 aromatic heterocycles. The fraction of sp³-hybridized carbons (Fsp3) is 0.667. The van der Waals surface area contributed by atoms with Gasteiger partial charge in [0.25, 0.3) is 0 Å². The zero-order valence-corrected chi connectivity index (χ0v) is 15.0. The van der Waals surface area contributed by atoms with Gasteiger partial charge in [-0.15, -0.1) is 0 Å². The van der Waals surface area contributed by atoms with Gasteiger partial charge in [0.15, 0.2) is 0 Å². The number of aliphatic hydroxyl groups is 1. The van der Waals surface area contributed by atoms with Gasteiger partial charge in [-0.25, -0.2) is 0 Å². The summed E-state index contributed by atoms with van der Waals surface area (Å²) in [6.07, 6.45) is 6.78. The van der Waals surface area contributed by atoms with Gasteiger partial charge < -0.3 is 10.2 Å². The topological polar surface area (TPSA) is 40.5 Å². The molecule has 0 spiro atoms. The molecule has 1 unspecified atom stereocenters. The van der Waals surface area contributed by atoms with Crippen LogP contribution in [0.15, 0.2) is 18.2 Å². The van der Waals surface area contributed by atoms with Crippen molar-refractivity contribution in [3.05, 3.63) is 29.3 Å². The number of aryl methyl sites for hydroxylation is 1. The van der Waals surface area contributed by atoms with Crippen LogP contribution in [0.5, 0.6) is 5.75 Å². The monoisotopic (exact) mass is 425 g/mol. The maximum absolute atomic E-state index is 10.4. The predicted octanol–water partition coefficient (Wildman–Crippen LogP) is 3.61. The number of hydrogen-bond acceptors (Lipinski definition) is 2. The Bertz CT molecular complexity index is 544. The average molecular weight is 424 g/mol. The third-order valence-corrected chi connectivity index (χ3v) is 6.66. The molecule has 0 heterocycles. The summed E-state index contributed by atoms with van der Waals surface area (Å²) >= 11 is 0. The molecule has 2 nitrogen and oxygen atoms in total. The van der Waals surface area contributed by atoms with Crippen LogP contribution in [0.1, 0.15) is 56.1 Å². The summed E-state index contributed by atoms with van der Waals surface area (Å²) < 4.78 is 0. The van der Waals surface area contributed by atoms with Gasteiger partial charge in [-0.3, -0.25) is 0 Å². The van der Waals surface area contributed by atoms with Crippen LogP contribution in [0.2, 0.25) is 0 Å². The summed E-state index contributed by atoms with van der Waals surface area (Å²) in [4.78, 5) is 0. The largest absolute Gasteiger partial charge is 0.508 e. The summed E-state index contributed by atoms with van der Waals surface area (Å²) in [5.74, 6) is 2.49. The van der Waals surface area contributed by atoms with E-state index in [2.05, 4.69) is 13.0 Å². The normalized spacial score (nSPS) is 40.7. The summed E-state index contributed by atoms with van der Waals surface area (Å²) in [5, 5.41) is 20.0. The SMILES string of the molecule is C[C@]12CC[C@@H]3c4ccc(O)cc4CC[C@H]3[C@@H]1CCC2O.[Eu]. The molecule has 0 amide bonds. The number of aromatic hydroxyl groups is 1. The minimum Gasteiger partial charge on any atom is -0.508 e. The fourth-order valence-corrected chi connectivity index (χ4v) is 5.54. The Morgan fingerprint density at radius 1 is 1.14 bits per heavy atom. The molecule has 3 aliphatic rings. The second-order valence-corrected chi connectivity index (χ2v) is 7.44. The maximum Gasteiger partial charge on any atom is 0.115 e. The van der Waals surface area contributed by atoms with Gasteiger partial charge in [0.2, 0.25) is 0 Å². The molecule has 2 saturated carbocycles. The smallest absolute Gasteiger partial charge is 0.115 e.